The molecule has 0 aliphatic rings. The monoisotopic (exact) mass is 261 g/mol. The van der Waals surface area contributed by atoms with Crippen LogP contribution < -0.4 is 10.1 Å². The van der Waals surface area contributed by atoms with Crippen molar-refractivity contribution in [3.05, 3.63) is 52.2 Å². The van der Waals surface area contributed by atoms with E-state index in [1.165, 1.54) is 0 Å². The van der Waals surface area contributed by atoms with Crippen molar-refractivity contribution in [3.8, 4) is 5.75 Å². The van der Waals surface area contributed by atoms with Crippen LogP contribution in [0.5, 0.6) is 5.75 Å². The minimum absolute atomic E-state index is 0.00731. The first-order valence-corrected chi connectivity index (χ1v) is 6.58. The fourth-order valence-corrected chi connectivity index (χ4v) is 2.33. The summed E-state index contributed by atoms with van der Waals surface area (Å²) >= 11 is 1.64. The second-order valence-corrected chi connectivity index (χ2v) is 4.88. The molecular formula is C14H15NO2S. The van der Waals surface area contributed by atoms with Crippen LogP contribution in [-0.2, 0) is 17.8 Å². The van der Waals surface area contributed by atoms with Gasteiger partial charge in [0.15, 0.2) is 0 Å². The number of thiophene rings is 1. The Morgan fingerprint density at radius 2 is 2.11 bits per heavy atom. The lowest BCUT2D eigenvalue weighted by Gasteiger charge is -2.08. The molecule has 0 spiro atoms. The summed E-state index contributed by atoms with van der Waals surface area (Å²) in [4.78, 5) is 13.0. The summed E-state index contributed by atoms with van der Waals surface area (Å²) in [5.41, 5.74) is 0.906. The molecule has 2 aromatic rings. The largest absolute Gasteiger partial charge is 0.496 e. The summed E-state index contributed by atoms with van der Waals surface area (Å²) in [6.07, 6.45) is 0.343. The SMILES string of the molecule is COc1ccccc1CC(=O)NCc1cccs1. The van der Waals surface area contributed by atoms with Gasteiger partial charge in [-0.2, -0.15) is 0 Å². The number of methoxy groups -OCH3 is 1. The van der Waals surface area contributed by atoms with E-state index < -0.39 is 0 Å². The highest BCUT2D eigenvalue weighted by atomic mass is 32.1. The Morgan fingerprint density at radius 3 is 2.83 bits per heavy atom. The van der Waals surface area contributed by atoms with Gasteiger partial charge in [0, 0.05) is 10.4 Å². The number of para-hydroxylation sites is 1. The van der Waals surface area contributed by atoms with Crippen LogP contribution in [0.25, 0.3) is 0 Å². The molecule has 1 N–H and O–H groups in total. The first-order valence-electron chi connectivity index (χ1n) is 5.70. The third kappa shape index (κ3) is 3.34. The molecule has 94 valence electrons. The van der Waals surface area contributed by atoms with Gasteiger partial charge in [-0.25, -0.2) is 0 Å². The fraction of sp³-hybridized carbons (Fsp3) is 0.214. The predicted octanol–water partition coefficient (Wildman–Crippen LogP) is 2.62. The summed E-state index contributed by atoms with van der Waals surface area (Å²) in [5, 5.41) is 4.90. The average Bonchev–Trinajstić information content (AvgIpc) is 2.90. The number of carbonyl (C=O) groups excluding carboxylic acids is 1. The Hall–Kier alpha value is -1.81. The number of hydrogen-bond acceptors (Lipinski definition) is 3. The Bertz CT molecular complexity index is 508. The molecule has 0 saturated carbocycles. The third-order valence-corrected chi connectivity index (χ3v) is 3.46. The molecule has 0 bridgehead atoms. The van der Waals surface area contributed by atoms with Crippen LogP contribution in [0.3, 0.4) is 0 Å². The molecule has 0 fully saturated rings. The summed E-state index contributed by atoms with van der Waals surface area (Å²) in [5.74, 6) is 0.761. The minimum atomic E-state index is 0.00731. The lowest BCUT2D eigenvalue weighted by Crippen LogP contribution is -2.24. The highest BCUT2D eigenvalue weighted by Gasteiger charge is 2.07. The number of carbonyl (C=O) groups is 1. The summed E-state index contributed by atoms with van der Waals surface area (Å²) in [6.45, 7) is 0.589. The standard InChI is InChI=1S/C14H15NO2S/c1-17-13-7-3-2-5-11(13)9-14(16)15-10-12-6-4-8-18-12/h2-8H,9-10H2,1H3,(H,15,16). The molecule has 4 heteroatoms. The van der Waals surface area contributed by atoms with E-state index in [0.717, 1.165) is 16.2 Å². The smallest absolute Gasteiger partial charge is 0.224 e. The van der Waals surface area contributed by atoms with Crippen molar-refractivity contribution < 1.29 is 9.53 Å². The zero-order valence-corrected chi connectivity index (χ0v) is 11.0. The topological polar surface area (TPSA) is 38.3 Å². The van der Waals surface area contributed by atoms with Crippen molar-refractivity contribution in [2.45, 2.75) is 13.0 Å². The first-order chi connectivity index (χ1) is 8.79. The van der Waals surface area contributed by atoms with Crippen LogP contribution in [0, 0.1) is 0 Å². The number of rotatable bonds is 5. The Balaban J connectivity index is 1.90. The van der Waals surface area contributed by atoms with E-state index in [-0.39, 0.29) is 5.91 Å². The molecule has 0 atom stereocenters. The van der Waals surface area contributed by atoms with Gasteiger partial charge < -0.3 is 10.1 Å². The van der Waals surface area contributed by atoms with Crippen LogP contribution >= 0.6 is 11.3 Å². The number of amides is 1. The van der Waals surface area contributed by atoms with Gasteiger partial charge in [0.2, 0.25) is 5.91 Å². The molecule has 2 rings (SSSR count). The van der Waals surface area contributed by atoms with Crippen LogP contribution in [0.15, 0.2) is 41.8 Å². The van der Waals surface area contributed by atoms with Gasteiger partial charge in [-0.3, -0.25) is 4.79 Å². The number of hydrogen-bond donors (Lipinski definition) is 1. The van der Waals surface area contributed by atoms with E-state index in [0.29, 0.717) is 13.0 Å². The molecule has 1 aromatic heterocycles. The Morgan fingerprint density at radius 1 is 1.28 bits per heavy atom. The maximum absolute atomic E-state index is 11.8. The average molecular weight is 261 g/mol. The van der Waals surface area contributed by atoms with Crippen molar-refractivity contribution in [2.75, 3.05) is 7.11 Å². The van der Waals surface area contributed by atoms with Crippen molar-refractivity contribution in [1.29, 1.82) is 0 Å². The van der Waals surface area contributed by atoms with Gasteiger partial charge in [0.05, 0.1) is 20.1 Å². The van der Waals surface area contributed by atoms with E-state index in [4.69, 9.17) is 4.74 Å². The Kier molecular flexibility index (Phi) is 4.36. The first kappa shape index (κ1) is 12.6. The zero-order valence-electron chi connectivity index (χ0n) is 10.2. The van der Waals surface area contributed by atoms with Crippen LogP contribution in [-0.4, -0.2) is 13.0 Å². The van der Waals surface area contributed by atoms with E-state index in [2.05, 4.69) is 5.32 Å². The summed E-state index contributed by atoms with van der Waals surface area (Å²) in [7, 11) is 1.61. The molecule has 1 aromatic carbocycles. The zero-order chi connectivity index (χ0) is 12.8. The maximum atomic E-state index is 11.8. The second-order valence-electron chi connectivity index (χ2n) is 3.84. The number of nitrogens with one attached hydrogen (secondary N) is 1. The molecule has 0 aliphatic carbocycles. The highest BCUT2D eigenvalue weighted by Crippen LogP contribution is 2.17. The second kappa shape index (κ2) is 6.21. The van der Waals surface area contributed by atoms with E-state index in [9.17, 15) is 4.79 Å². The molecular weight excluding hydrogens is 246 g/mol. The molecule has 0 radical (unpaired) electrons. The third-order valence-electron chi connectivity index (χ3n) is 2.58. The molecule has 1 heterocycles. The Labute approximate surface area is 110 Å². The van der Waals surface area contributed by atoms with Gasteiger partial charge in [-0.1, -0.05) is 24.3 Å². The lowest BCUT2D eigenvalue weighted by molar-refractivity contribution is -0.120. The molecule has 3 nitrogen and oxygen atoms in total. The van der Waals surface area contributed by atoms with Crippen LogP contribution in [0.1, 0.15) is 10.4 Å². The fourth-order valence-electron chi connectivity index (χ4n) is 1.68. The van der Waals surface area contributed by atoms with Crippen molar-refractivity contribution >= 4 is 17.2 Å². The predicted molar refractivity (Wildman–Crippen MR) is 72.9 cm³/mol. The lowest BCUT2D eigenvalue weighted by atomic mass is 10.1. The maximum Gasteiger partial charge on any atom is 0.224 e. The van der Waals surface area contributed by atoms with Gasteiger partial charge in [0.25, 0.3) is 0 Å². The van der Waals surface area contributed by atoms with Crippen molar-refractivity contribution in [2.24, 2.45) is 0 Å². The minimum Gasteiger partial charge on any atom is -0.496 e. The van der Waals surface area contributed by atoms with Gasteiger partial charge in [0.1, 0.15) is 5.75 Å². The van der Waals surface area contributed by atoms with Gasteiger partial charge in [-0.15, -0.1) is 11.3 Å². The molecule has 18 heavy (non-hydrogen) atoms. The normalized spacial score (nSPS) is 10.1. The van der Waals surface area contributed by atoms with Crippen LogP contribution in [0.2, 0.25) is 0 Å². The number of ether oxygens (including phenoxy) is 1. The molecule has 0 aliphatic heterocycles. The van der Waals surface area contributed by atoms with E-state index in [1.807, 2.05) is 41.8 Å². The quantitative estimate of drug-likeness (QED) is 0.898. The number of benzene rings is 1. The van der Waals surface area contributed by atoms with E-state index >= 15 is 0 Å². The summed E-state index contributed by atoms with van der Waals surface area (Å²) < 4.78 is 5.22. The molecule has 0 saturated heterocycles. The van der Waals surface area contributed by atoms with E-state index in [1.54, 1.807) is 18.4 Å². The van der Waals surface area contributed by atoms with Crippen molar-refractivity contribution in [1.82, 2.24) is 5.32 Å². The van der Waals surface area contributed by atoms with Gasteiger partial charge >= 0.3 is 0 Å². The molecule has 1 amide bonds. The molecule has 0 unspecified atom stereocenters. The highest BCUT2D eigenvalue weighted by molar-refractivity contribution is 7.09. The van der Waals surface area contributed by atoms with Gasteiger partial charge in [-0.05, 0) is 17.5 Å². The van der Waals surface area contributed by atoms with Crippen molar-refractivity contribution in [3.63, 3.8) is 0 Å². The van der Waals surface area contributed by atoms with Crippen LogP contribution in [0.4, 0.5) is 0 Å². The summed E-state index contributed by atoms with van der Waals surface area (Å²) in [6, 6.07) is 11.6.